The van der Waals surface area contributed by atoms with Gasteiger partial charge in [-0.3, -0.25) is 4.79 Å². The van der Waals surface area contributed by atoms with E-state index in [4.69, 9.17) is 11.6 Å². The van der Waals surface area contributed by atoms with E-state index in [1.807, 2.05) is 0 Å². The Morgan fingerprint density at radius 3 is 2.19 bits per heavy atom. The lowest BCUT2D eigenvalue weighted by molar-refractivity contribution is -0.137. The molecule has 0 aromatic heterocycles. The highest BCUT2D eigenvalue weighted by atomic mass is 35.5. The van der Waals surface area contributed by atoms with Gasteiger partial charge in [-0.2, -0.15) is 13.2 Å². The number of urea groups is 1. The lowest BCUT2D eigenvalue weighted by Crippen LogP contribution is -2.30. The van der Waals surface area contributed by atoms with Crippen LogP contribution in [-0.2, 0) is 6.18 Å². The molecule has 1 aliphatic carbocycles. The van der Waals surface area contributed by atoms with Crippen molar-refractivity contribution in [1.82, 2.24) is 5.32 Å². The van der Waals surface area contributed by atoms with E-state index < -0.39 is 22.7 Å². The van der Waals surface area contributed by atoms with Gasteiger partial charge in [0.25, 0.3) is 5.91 Å². The largest absolute Gasteiger partial charge is 0.417 e. The smallest absolute Gasteiger partial charge is 0.335 e. The molecule has 0 atom stereocenters. The number of anilines is 2. The van der Waals surface area contributed by atoms with E-state index in [0.717, 1.165) is 25.0 Å². The van der Waals surface area contributed by atoms with Crippen molar-refractivity contribution in [1.29, 1.82) is 0 Å². The maximum absolute atomic E-state index is 12.9. The Labute approximate surface area is 157 Å². The van der Waals surface area contributed by atoms with Crippen molar-refractivity contribution in [3.05, 3.63) is 58.6 Å². The van der Waals surface area contributed by atoms with Gasteiger partial charge in [0.05, 0.1) is 10.6 Å². The quantitative estimate of drug-likeness (QED) is 0.687. The SMILES string of the molecule is O=C(Nc1ccc(C(=O)Nc2ccc(Cl)c(C(F)(F)F)c2)cc1)NC1CC1. The van der Waals surface area contributed by atoms with E-state index in [0.29, 0.717) is 5.69 Å². The van der Waals surface area contributed by atoms with Crippen molar-refractivity contribution in [3.8, 4) is 0 Å². The Hall–Kier alpha value is -2.74. The van der Waals surface area contributed by atoms with Crippen LogP contribution in [0.5, 0.6) is 0 Å². The summed E-state index contributed by atoms with van der Waals surface area (Å²) in [5.74, 6) is -0.584. The minimum atomic E-state index is -4.62. The van der Waals surface area contributed by atoms with E-state index >= 15 is 0 Å². The summed E-state index contributed by atoms with van der Waals surface area (Å²) >= 11 is 5.56. The van der Waals surface area contributed by atoms with Crippen molar-refractivity contribution in [3.63, 3.8) is 0 Å². The predicted molar refractivity (Wildman–Crippen MR) is 96.0 cm³/mol. The molecule has 142 valence electrons. The third kappa shape index (κ3) is 5.13. The first-order valence-electron chi connectivity index (χ1n) is 8.08. The molecule has 0 aliphatic heterocycles. The zero-order chi connectivity index (χ0) is 19.6. The molecule has 27 heavy (non-hydrogen) atoms. The summed E-state index contributed by atoms with van der Waals surface area (Å²) in [6.45, 7) is 0. The molecule has 0 radical (unpaired) electrons. The Balaban J connectivity index is 1.65. The first kappa shape index (κ1) is 19.0. The van der Waals surface area contributed by atoms with Crippen LogP contribution in [0.15, 0.2) is 42.5 Å². The van der Waals surface area contributed by atoms with Gasteiger partial charge in [0.2, 0.25) is 0 Å². The summed E-state index contributed by atoms with van der Waals surface area (Å²) in [5.41, 5.74) is -0.326. The zero-order valence-corrected chi connectivity index (χ0v) is 14.6. The molecule has 0 bridgehead atoms. The van der Waals surface area contributed by atoms with Gasteiger partial charge in [-0.25, -0.2) is 4.79 Å². The standard InChI is InChI=1S/C18H15ClF3N3O2/c19-15-8-7-13(9-14(15)18(20,21)22)23-16(26)10-1-3-11(4-2-10)24-17(27)25-12-5-6-12/h1-4,7-9,12H,5-6H2,(H,23,26)(H2,24,25,27). The molecular formula is C18H15ClF3N3O2. The Morgan fingerprint density at radius 1 is 0.963 bits per heavy atom. The number of amides is 3. The highest BCUT2D eigenvalue weighted by molar-refractivity contribution is 6.31. The molecule has 0 spiro atoms. The first-order valence-corrected chi connectivity index (χ1v) is 8.46. The average molecular weight is 398 g/mol. The normalized spacial score (nSPS) is 13.8. The van der Waals surface area contributed by atoms with Crippen LogP contribution in [0.1, 0.15) is 28.8 Å². The van der Waals surface area contributed by atoms with E-state index in [1.54, 1.807) is 0 Å². The first-order chi connectivity index (χ1) is 12.7. The second-order valence-corrected chi connectivity index (χ2v) is 6.50. The third-order valence-electron chi connectivity index (χ3n) is 3.85. The number of alkyl halides is 3. The van der Waals surface area contributed by atoms with E-state index in [2.05, 4.69) is 16.0 Å². The van der Waals surface area contributed by atoms with Crippen molar-refractivity contribution in [2.75, 3.05) is 10.6 Å². The van der Waals surface area contributed by atoms with Crippen LogP contribution in [0.3, 0.4) is 0 Å². The summed E-state index contributed by atoms with van der Waals surface area (Å²) in [4.78, 5) is 23.9. The summed E-state index contributed by atoms with van der Waals surface area (Å²) in [5, 5.41) is 7.35. The summed E-state index contributed by atoms with van der Waals surface area (Å²) in [6.07, 6.45) is -2.69. The molecule has 2 aromatic carbocycles. The minimum Gasteiger partial charge on any atom is -0.335 e. The minimum absolute atomic E-state index is 0.0252. The van der Waals surface area contributed by atoms with Crippen LogP contribution in [0.4, 0.5) is 29.3 Å². The molecule has 0 saturated heterocycles. The van der Waals surface area contributed by atoms with Gasteiger partial charge in [-0.05, 0) is 55.3 Å². The maximum Gasteiger partial charge on any atom is 0.417 e. The van der Waals surface area contributed by atoms with Gasteiger partial charge in [0.15, 0.2) is 0 Å². The highest BCUT2D eigenvalue weighted by Crippen LogP contribution is 2.36. The van der Waals surface area contributed by atoms with Gasteiger partial charge in [0, 0.05) is 23.0 Å². The number of rotatable bonds is 4. The van der Waals surface area contributed by atoms with Crippen LogP contribution in [-0.4, -0.2) is 18.0 Å². The van der Waals surface area contributed by atoms with Crippen molar-refractivity contribution in [2.45, 2.75) is 25.1 Å². The molecule has 3 amide bonds. The van der Waals surface area contributed by atoms with Gasteiger partial charge < -0.3 is 16.0 Å². The highest BCUT2D eigenvalue weighted by Gasteiger charge is 2.33. The van der Waals surface area contributed by atoms with E-state index in [9.17, 15) is 22.8 Å². The Kier molecular flexibility index (Phi) is 5.27. The number of hydrogen-bond donors (Lipinski definition) is 3. The fourth-order valence-corrected chi connectivity index (χ4v) is 2.53. The van der Waals surface area contributed by atoms with Crippen molar-refractivity contribution >= 4 is 34.9 Å². The number of carbonyl (C=O) groups excluding carboxylic acids is 2. The van der Waals surface area contributed by atoms with Crippen LogP contribution in [0.2, 0.25) is 5.02 Å². The summed E-state index contributed by atoms with van der Waals surface area (Å²) in [7, 11) is 0. The van der Waals surface area contributed by atoms with Crippen LogP contribution in [0.25, 0.3) is 0 Å². The van der Waals surface area contributed by atoms with Crippen molar-refractivity contribution in [2.24, 2.45) is 0 Å². The number of nitrogens with one attached hydrogen (secondary N) is 3. The molecule has 3 rings (SSSR count). The molecule has 0 heterocycles. The number of carbonyl (C=O) groups is 2. The van der Waals surface area contributed by atoms with Gasteiger partial charge in [-0.15, -0.1) is 0 Å². The van der Waals surface area contributed by atoms with Crippen LogP contribution >= 0.6 is 11.6 Å². The fourth-order valence-electron chi connectivity index (χ4n) is 2.31. The van der Waals surface area contributed by atoms with Crippen LogP contribution in [0, 0.1) is 0 Å². The molecule has 2 aromatic rings. The summed E-state index contributed by atoms with van der Waals surface area (Å²) < 4.78 is 38.7. The van der Waals surface area contributed by atoms with Gasteiger partial charge in [0.1, 0.15) is 0 Å². The second kappa shape index (κ2) is 7.48. The fraction of sp³-hybridized carbons (Fsp3) is 0.222. The van der Waals surface area contributed by atoms with Gasteiger partial charge in [-0.1, -0.05) is 11.6 Å². The second-order valence-electron chi connectivity index (χ2n) is 6.10. The molecule has 5 nitrogen and oxygen atoms in total. The number of halogens is 4. The Bertz CT molecular complexity index is 865. The monoisotopic (exact) mass is 397 g/mol. The molecular weight excluding hydrogens is 383 g/mol. The number of benzene rings is 2. The summed E-state index contributed by atoms with van der Waals surface area (Å²) in [6, 6.07) is 9.02. The average Bonchev–Trinajstić information content (AvgIpc) is 3.40. The topological polar surface area (TPSA) is 70.2 Å². The molecule has 3 N–H and O–H groups in total. The lowest BCUT2D eigenvalue weighted by Gasteiger charge is -2.12. The Morgan fingerprint density at radius 2 is 1.59 bits per heavy atom. The van der Waals surface area contributed by atoms with E-state index in [-0.39, 0.29) is 23.3 Å². The van der Waals surface area contributed by atoms with E-state index in [1.165, 1.54) is 30.3 Å². The van der Waals surface area contributed by atoms with Gasteiger partial charge >= 0.3 is 12.2 Å². The molecule has 1 fully saturated rings. The molecule has 9 heteroatoms. The number of hydrogen-bond acceptors (Lipinski definition) is 2. The third-order valence-corrected chi connectivity index (χ3v) is 4.18. The lowest BCUT2D eigenvalue weighted by atomic mass is 10.1. The van der Waals surface area contributed by atoms with Crippen LogP contribution < -0.4 is 16.0 Å². The molecule has 1 saturated carbocycles. The predicted octanol–water partition coefficient (Wildman–Crippen LogP) is 4.90. The molecule has 1 aliphatic rings. The molecule has 0 unspecified atom stereocenters. The van der Waals surface area contributed by atoms with Crippen molar-refractivity contribution < 1.29 is 22.8 Å². The maximum atomic E-state index is 12.9. The zero-order valence-electron chi connectivity index (χ0n) is 13.9.